The number of amides is 1. The van der Waals surface area contributed by atoms with Gasteiger partial charge in [-0.05, 0) is 49.5 Å². The van der Waals surface area contributed by atoms with Crippen LogP contribution < -0.4 is 4.90 Å². The minimum atomic E-state index is 0.113. The molecule has 1 saturated heterocycles. The number of rotatable bonds is 7. The molecule has 0 radical (unpaired) electrons. The lowest BCUT2D eigenvalue weighted by Crippen LogP contribution is -2.34. The van der Waals surface area contributed by atoms with Crippen molar-refractivity contribution in [1.82, 2.24) is 10.1 Å². The molecule has 0 unspecified atom stereocenters. The quantitative estimate of drug-likeness (QED) is 0.509. The van der Waals surface area contributed by atoms with Crippen molar-refractivity contribution in [2.24, 2.45) is 5.92 Å². The first-order valence-corrected chi connectivity index (χ1v) is 11.8. The molecule has 1 aliphatic carbocycles. The van der Waals surface area contributed by atoms with Crippen molar-refractivity contribution in [2.75, 3.05) is 24.5 Å². The van der Waals surface area contributed by atoms with Gasteiger partial charge in [-0.1, -0.05) is 41.6 Å². The molecule has 6 heteroatoms. The van der Waals surface area contributed by atoms with E-state index in [0.29, 0.717) is 12.5 Å². The number of carbonyl (C=O) groups excluding carboxylic acids is 1. The zero-order valence-electron chi connectivity index (χ0n) is 17.1. The molecule has 0 spiro atoms. The van der Waals surface area contributed by atoms with E-state index in [9.17, 15) is 4.79 Å². The maximum atomic E-state index is 13.3. The summed E-state index contributed by atoms with van der Waals surface area (Å²) in [6, 6.07) is 14.0. The van der Waals surface area contributed by atoms with Gasteiger partial charge in [-0.2, -0.15) is 0 Å². The van der Waals surface area contributed by atoms with E-state index in [2.05, 4.69) is 22.2 Å². The molecule has 0 atom stereocenters. The van der Waals surface area contributed by atoms with E-state index in [4.69, 9.17) is 4.52 Å². The Morgan fingerprint density at radius 1 is 1.10 bits per heavy atom. The molecule has 2 fully saturated rings. The second kappa shape index (κ2) is 8.64. The summed E-state index contributed by atoms with van der Waals surface area (Å²) in [5.41, 5.74) is 2.93. The summed E-state index contributed by atoms with van der Waals surface area (Å²) >= 11 is 1.51. The van der Waals surface area contributed by atoms with Crippen LogP contribution in [0.5, 0.6) is 0 Å². The van der Waals surface area contributed by atoms with Gasteiger partial charge in [-0.15, -0.1) is 11.3 Å². The van der Waals surface area contributed by atoms with E-state index in [1.165, 1.54) is 43.4 Å². The summed E-state index contributed by atoms with van der Waals surface area (Å²) in [5, 5.41) is 6.45. The Kier molecular flexibility index (Phi) is 5.58. The Bertz CT molecular complexity index is 973. The van der Waals surface area contributed by atoms with Gasteiger partial charge in [0.2, 0.25) is 5.88 Å². The number of hydrogen-bond donors (Lipinski definition) is 0. The van der Waals surface area contributed by atoms with Crippen LogP contribution in [0.4, 0.5) is 5.88 Å². The average molecular weight is 422 g/mol. The summed E-state index contributed by atoms with van der Waals surface area (Å²) in [6.07, 6.45) is 6.02. The van der Waals surface area contributed by atoms with Gasteiger partial charge in [0.25, 0.3) is 5.91 Å². The number of carbonyl (C=O) groups is 1. The van der Waals surface area contributed by atoms with Crippen molar-refractivity contribution in [1.29, 1.82) is 0 Å². The third kappa shape index (κ3) is 4.15. The van der Waals surface area contributed by atoms with Crippen molar-refractivity contribution in [2.45, 2.75) is 38.6 Å². The highest BCUT2D eigenvalue weighted by Gasteiger charge is 2.31. The zero-order valence-corrected chi connectivity index (χ0v) is 17.9. The molecule has 1 aliphatic heterocycles. The summed E-state index contributed by atoms with van der Waals surface area (Å²) < 4.78 is 5.92. The van der Waals surface area contributed by atoms with Crippen molar-refractivity contribution < 1.29 is 9.32 Å². The maximum Gasteiger partial charge on any atom is 0.264 e. The third-order valence-electron chi connectivity index (χ3n) is 6.00. The minimum Gasteiger partial charge on any atom is -0.340 e. The standard InChI is InChI=1S/C24H27N3O2S/c28-23(21-10-7-15-30-21)27(16-18-11-12-18)17-20-22(19-8-3-1-4-9-19)25-29-24(20)26-13-5-2-6-14-26/h1,3-4,7-10,15,18H,2,5-6,11-14,16-17H2. The molecule has 0 bridgehead atoms. The Balaban J connectivity index is 1.51. The van der Waals surface area contributed by atoms with Gasteiger partial charge in [-0.3, -0.25) is 4.79 Å². The lowest BCUT2D eigenvalue weighted by molar-refractivity contribution is 0.0740. The SMILES string of the molecule is O=C(c1cccs1)N(Cc1c(-c2ccccc2)noc1N1CCCCC1)CC1CC1. The van der Waals surface area contributed by atoms with Crippen molar-refractivity contribution in [3.63, 3.8) is 0 Å². The molecular formula is C24H27N3O2S. The van der Waals surface area contributed by atoms with Gasteiger partial charge in [0.15, 0.2) is 0 Å². The Morgan fingerprint density at radius 2 is 1.90 bits per heavy atom. The van der Waals surface area contributed by atoms with Gasteiger partial charge in [0.1, 0.15) is 5.69 Å². The highest BCUT2D eigenvalue weighted by molar-refractivity contribution is 7.12. The number of hydrogen-bond acceptors (Lipinski definition) is 5. The van der Waals surface area contributed by atoms with Gasteiger partial charge in [0, 0.05) is 25.2 Å². The molecule has 5 rings (SSSR count). The second-order valence-corrected chi connectivity index (χ2v) is 9.28. The molecule has 3 aromatic rings. The van der Waals surface area contributed by atoms with Crippen LogP contribution in [0.15, 0.2) is 52.4 Å². The van der Waals surface area contributed by atoms with Crippen LogP contribution >= 0.6 is 11.3 Å². The van der Waals surface area contributed by atoms with Gasteiger partial charge in [0.05, 0.1) is 17.0 Å². The molecular weight excluding hydrogens is 394 g/mol. The van der Waals surface area contributed by atoms with Crippen molar-refractivity contribution in [3.8, 4) is 11.3 Å². The van der Waals surface area contributed by atoms with E-state index >= 15 is 0 Å². The lowest BCUT2D eigenvalue weighted by Gasteiger charge is -2.28. The van der Waals surface area contributed by atoms with Gasteiger partial charge >= 0.3 is 0 Å². The van der Waals surface area contributed by atoms with Crippen LogP contribution in [-0.4, -0.2) is 35.6 Å². The molecule has 2 aliphatic rings. The fourth-order valence-electron chi connectivity index (χ4n) is 4.19. The molecule has 1 saturated carbocycles. The largest absolute Gasteiger partial charge is 0.340 e. The van der Waals surface area contributed by atoms with E-state index in [-0.39, 0.29) is 5.91 Å². The van der Waals surface area contributed by atoms with Crippen molar-refractivity contribution in [3.05, 3.63) is 58.3 Å². The summed E-state index contributed by atoms with van der Waals surface area (Å²) in [4.78, 5) is 18.4. The predicted molar refractivity (Wildman–Crippen MR) is 120 cm³/mol. The first-order chi connectivity index (χ1) is 14.8. The zero-order chi connectivity index (χ0) is 20.3. The summed E-state index contributed by atoms with van der Waals surface area (Å²) in [5.74, 6) is 1.57. The van der Waals surface area contributed by atoms with E-state index < -0.39 is 0 Å². The first-order valence-electron chi connectivity index (χ1n) is 10.9. The fourth-order valence-corrected chi connectivity index (χ4v) is 4.88. The number of thiophene rings is 1. The minimum absolute atomic E-state index is 0.113. The van der Waals surface area contributed by atoms with E-state index in [0.717, 1.165) is 47.2 Å². The number of nitrogens with zero attached hydrogens (tertiary/aromatic N) is 3. The van der Waals surface area contributed by atoms with Crippen LogP contribution in [0, 0.1) is 5.92 Å². The molecule has 5 nitrogen and oxygen atoms in total. The van der Waals surface area contributed by atoms with E-state index in [1.54, 1.807) is 0 Å². The van der Waals surface area contributed by atoms with Crippen LogP contribution in [0.3, 0.4) is 0 Å². The number of benzene rings is 1. The molecule has 0 N–H and O–H groups in total. The highest BCUT2D eigenvalue weighted by Crippen LogP contribution is 2.36. The number of aromatic nitrogens is 1. The molecule has 3 heterocycles. The Morgan fingerprint density at radius 3 is 2.60 bits per heavy atom. The summed E-state index contributed by atoms with van der Waals surface area (Å²) in [7, 11) is 0. The topological polar surface area (TPSA) is 49.6 Å². The maximum absolute atomic E-state index is 13.3. The lowest BCUT2D eigenvalue weighted by atomic mass is 10.1. The normalized spacial score (nSPS) is 16.6. The molecule has 1 aromatic carbocycles. The van der Waals surface area contributed by atoms with Crippen LogP contribution in [-0.2, 0) is 6.54 Å². The van der Waals surface area contributed by atoms with Crippen LogP contribution in [0.2, 0.25) is 0 Å². The van der Waals surface area contributed by atoms with Crippen LogP contribution in [0.1, 0.15) is 47.3 Å². The summed E-state index contributed by atoms with van der Waals surface area (Å²) in [6.45, 7) is 3.30. The van der Waals surface area contributed by atoms with Gasteiger partial charge in [-0.25, -0.2) is 0 Å². The number of anilines is 1. The third-order valence-corrected chi connectivity index (χ3v) is 6.86. The molecule has 156 valence electrons. The smallest absolute Gasteiger partial charge is 0.264 e. The van der Waals surface area contributed by atoms with Crippen molar-refractivity contribution >= 4 is 23.1 Å². The molecule has 30 heavy (non-hydrogen) atoms. The Hall–Kier alpha value is -2.60. The highest BCUT2D eigenvalue weighted by atomic mass is 32.1. The van der Waals surface area contributed by atoms with Crippen LogP contribution in [0.25, 0.3) is 11.3 Å². The fraction of sp³-hybridized carbons (Fsp3) is 0.417. The average Bonchev–Trinajstić information content (AvgIpc) is 3.27. The van der Waals surface area contributed by atoms with E-state index in [1.807, 2.05) is 40.6 Å². The Labute approximate surface area is 181 Å². The molecule has 2 aromatic heterocycles. The van der Waals surface area contributed by atoms with Gasteiger partial charge < -0.3 is 14.3 Å². The second-order valence-electron chi connectivity index (χ2n) is 8.33. The predicted octanol–water partition coefficient (Wildman–Crippen LogP) is 5.45. The molecule has 1 amide bonds. The number of piperidine rings is 1. The first kappa shape index (κ1) is 19.4. The monoisotopic (exact) mass is 421 g/mol.